The molecule has 3 heteroatoms. The van der Waals surface area contributed by atoms with Gasteiger partial charge in [-0.05, 0) is 135 Å². The summed E-state index contributed by atoms with van der Waals surface area (Å²) in [5.74, 6) is 3.29. The molecule has 0 aromatic heterocycles. The lowest BCUT2D eigenvalue weighted by molar-refractivity contribution is -0.246. The number of aliphatic hydroxyl groups is 1. The molecule has 2 N–H and O–H groups in total. The number of nitrogens with one attached hydrogen (secondary N) is 1. The SMILES string of the molecule is C=C(C)[C@@H]1CC[C@]2(C(=O)NC3CC3)CC[C@]3(C)[C@H](CC[C@@H]4[C@@]5(C)CC[C@H](O)C(C)(C)[C@@H]5CC[C@]43C)[C@@H]12. The van der Waals surface area contributed by atoms with Crippen molar-refractivity contribution in [2.75, 3.05) is 0 Å². The van der Waals surface area contributed by atoms with E-state index in [1.165, 1.54) is 56.9 Å². The second-order valence-electron chi connectivity index (χ2n) is 16.0. The summed E-state index contributed by atoms with van der Waals surface area (Å²) in [4.78, 5) is 13.9. The second-order valence-corrected chi connectivity index (χ2v) is 16.0. The van der Waals surface area contributed by atoms with Gasteiger partial charge in [-0.25, -0.2) is 0 Å². The number of amides is 1. The third-order valence-electron chi connectivity index (χ3n) is 14.4. The Morgan fingerprint density at radius 1 is 0.806 bits per heavy atom. The van der Waals surface area contributed by atoms with Gasteiger partial charge in [0.05, 0.1) is 11.5 Å². The van der Waals surface area contributed by atoms with Crippen molar-refractivity contribution in [1.29, 1.82) is 0 Å². The molecule has 0 aliphatic heterocycles. The summed E-state index contributed by atoms with van der Waals surface area (Å²) in [6.07, 6.45) is 13.9. The van der Waals surface area contributed by atoms with E-state index >= 15 is 0 Å². The van der Waals surface area contributed by atoms with Crippen molar-refractivity contribution in [2.45, 2.75) is 131 Å². The highest BCUT2D eigenvalue weighted by molar-refractivity contribution is 5.84. The number of hydrogen-bond donors (Lipinski definition) is 2. The van der Waals surface area contributed by atoms with Crippen LogP contribution in [-0.2, 0) is 4.79 Å². The normalized spacial score (nSPS) is 53.4. The van der Waals surface area contributed by atoms with Gasteiger partial charge in [-0.1, -0.05) is 46.8 Å². The van der Waals surface area contributed by atoms with Crippen LogP contribution < -0.4 is 5.32 Å². The first-order chi connectivity index (χ1) is 16.8. The predicted molar refractivity (Wildman–Crippen MR) is 146 cm³/mol. The summed E-state index contributed by atoms with van der Waals surface area (Å²) in [5.41, 5.74) is 2.04. The van der Waals surface area contributed by atoms with Crippen molar-refractivity contribution >= 4 is 5.91 Å². The molecule has 0 unspecified atom stereocenters. The van der Waals surface area contributed by atoms with Gasteiger partial charge < -0.3 is 10.4 Å². The zero-order valence-corrected chi connectivity index (χ0v) is 24.1. The average molecular weight is 496 g/mol. The highest BCUT2D eigenvalue weighted by Gasteiger charge is 2.71. The van der Waals surface area contributed by atoms with Crippen LogP contribution >= 0.6 is 0 Å². The van der Waals surface area contributed by atoms with E-state index in [0.717, 1.165) is 25.7 Å². The number of aliphatic hydroxyl groups excluding tert-OH is 1. The molecule has 6 saturated carbocycles. The molecule has 0 saturated heterocycles. The fourth-order valence-corrected chi connectivity index (χ4v) is 12.1. The molecular weight excluding hydrogens is 442 g/mol. The van der Waals surface area contributed by atoms with E-state index in [1.54, 1.807) is 0 Å². The van der Waals surface area contributed by atoms with Crippen LogP contribution in [0, 0.1) is 56.7 Å². The number of fused-ring (bicyclic) bond motifs is 7. The van der Waals surface area contributed by atoms with Crippen LogP contribution in [0.5, 0.6) is 0 Å². The topological polar surface area (TPSA) is 49.3 Å². The van der Waals surface area contributed by atoms with Gasteiger partial charge in [-0.15, -0.1) is 0 Å². The summed E-state index contributed by atoms with van der Waals surface area (Å²) in [6, 6.07) is 0.443. The third-order valence-corrected chi connectivity index (χ3v) is 14.4. The lowest BCUT2D eigenvalue weighted by Crippen LogP contribution is -2.67. The van der Waals surface area contributed by atoms with Gasteiger partial charge >= 0.3 is 0 Å². The summed E-state index contributed by atoms with van der Waals surface area (Å²) in [6.45, 7) is 19.4. The van der Waals surface area contributed by atoms with E-state index < -0.39 is 0 Å². The molecular formula is C33H53NO2. The maximum atomic E-state index is 13.9. The molecule has 0 radical (unpaired) electrons. The van der Waals surface area contributed by atoms with Crippen molar-refractivity contribution in [3.8, 4) is 0 Å². The summed E-state index contributed by atoms with van der Waals surface area (Å²) in [5, 5.41) is 14.5. The lowest BCUT2D eigenvalue weighted by atomic mass is 9.32. The molecule has 6 aliphatic carbocycles. The Morgan fingerprint density at radius 3 is 2.19 bits per heavy atom. The molecule has 0 spiro atoms. The van der Waals surface area contributed by atoms with Gasteiger partial charge in [0.25, 0.3) is 0 Å². The van der Waals surface area contributed by atoms with Crippen molar-refractivity contribution < 1.29 is 9.90 Å². The second kappa shape index (κ2) is 7.86. The minimum Gasteiger partial charge on any atom is -0.393 e. The Morgan fingerprint density at radius 2 is 1.53 bits per heavy atom. The molecule has 6 aliphatic rings. The number of allylic oxidation sites excluding steroid dienone is 1. The molecule has 6 fully saturated rings. The predicted octanol–water partition coefficient (Wildman–Crippen LogP) is 7.28. The molecule has 0 aromatic carbocycles. The first-order valence-corrected chi connectivity index (χ1v) is 15.5. The van der Waals surface area contributed by atoms with E-state index in [2.05, 4.69) is 53.4 Å². The van der Waals surface area contributed by atoms with Crippen LogP contribution in [0.1, 0.15) is 119 Å². The fourth-order valence-electron chi connectivity index (χ4n) is 12.1. The van der Waals surface area contributed by atoms with Crippen molar-refractivity contribution in [2.24, 2.45) is 56.7 Å². The molecule has 0 heterocycles. The Labute approximate surface area is 220 Å². The smallest absolute Gasteiger partial charge is 0.226 e. The van der Waals surface area contributed by atoms with E-state index in [4.69, 9.17) is 0 Å². The van der Waals surface area contributed by atoms with Crippen LogP contribution in [0.25, 0.3) is 0 Å². The van der Waals surface area contributed by atoms with E-state index in [9.17, 15) is 9.90 Å². The fraction of sp³-hybridized carbons (Fsp3) is 0.909. The molecule has 3 nitrogen and oxygen atoms in total. The Bertz CT molecular complexity index is 951. The number of carbonyl (C=O) groups is 1. The Kier molecular flexibility index (Phi) is 5.55. The third kappa shape index (κ3) is 3.10. The number of carbonyl (C=O) groups excluding carboxylic acids is 1. The summed E-state index contributed by atoms with van der Waals surface area (Å²) < 4.78 is 0. The zero-order chi connectivity index (χ0) is 25.9. The van der Waals surface area contributed by atoms with Gasteiger partial charge in [0.2, 0.25) is 5.91 Å². The first-order valence-electron chi connectivity index (χ1n) is 15.5. The molecule has 202 valence electrons. The van der Waals surface area contributed by atoms with Gasteiger partial charge in [0.15, 0.2) is 0 Å². The van der Waals surface area contributed by atoms with Crippen molar-refractivity contribution in [3.63, 3.8) is 0 Å². The molecule has 36 heavy (non-hydrogen) atoms. The molecule has 10 atom stereocenters. The zero-order valence-electron chi connectivity index (χ0n) is 24.1. The van der Waals surface area contributed by atoms with Crippen LogP contribution in [0.3, 0.4) is 0 Å². The van der Waals surface area contributed by atoms with Gasteiger partial charge in [0, 0.05) is 6.04 Å². The van der Waals surface area contributed by atoms with Gasteiger partial charge in [-0.2, -0.15) is 0 Å². The van der Waals surface area contributed by atoms with Crippen molar-refractivity contribution in [3.05, 3.63) is 12.2 Å². The minimum absolute atomic E-state index is 0.00516. The molecule has 6 rings (SSSR count). The monoisotopic (exact) mass is 495 g/mol. The highest BCUT2D eigenvalue weighted by Crippen LogP contribution is 2.77. The average Bonchev–Trinajstić information content (AvgIpc) is 3.52. The van der Waals surface area contributed by atoms with Gasteiger partial charge in [0.1, 0.15) is 0 Å². The molecule has 0 bridgehead atoms. The van der Waals surface area contributed by atoms with Gasteiger partial charge in [-0.3, -0.25) is 4.79 Å². The first kappa shape index (κ1) is 25.4. The number of hydrogen-bond acceptors (Lipinski definition) is 2. The quantitative estimate of drug-likeness (QED) is 0.404. The van der Waals surface area contributed by atoms with Crippen LogP contribution in [0.2, 0.25) is 0 Å². The Hall–Kier alpha value is -0.830. The van der Waals surface area contributed by atoms with Crippen LogP contribution in [0.4, 0.5) is 0 Å². The minimum atomic E-state index is -0.169. The highest BCUT2D eigenvalue weighted by atomic mass is 16.3. The standard InChI is InChI=1S/C33H53NO2/c1-20(2)22-12-17-33(28(36)34-21-8-9-21)19-18-31(6)23(27(22)33)10-11-25-30(5)15-14-26(35)29(3,4)24(30)13-16-32(25,31)7/h21-27,35H,1,8-19H2,2-7H3,(H,34,36)/t22-,23+,24-,25+,26-,27+,30-,31+,32+,33-/m0/s1. The maximum Gasteiger partial charge on any atom is 0.226 e. The van der Waals surface area contributed by atoms with E-state index in [0.29, 0.717) is 52.4 Å². The van der Waals surface area contributed by atoms with E-state index in [-0.39, 0.29) is 22.3 Å². The summed E-state index contributed by atoms with van der Waals surface area (Å²) >= 11 is 0. The molecule has 1 amide bonds. The maximum absolute atomic E-state index is 13.9. The largest absolute Gasteiger partial charge is 0.393 e. The van der Waals surface area contributed by atoms with E-state index in [1.807, 2.05) is 0 Å². The summed E-state index contributed by atoms with van der Waals surface area (Å²) in [7, 11) is 0. The Balaban J connectivity index is 1.38. The number of rotatable bonds is 3. The molecule has 0 aromatic rings. The van der Waals surface area contributed by atoms with Crippen molar-refractivity contribution in [1.82, 2.24) is 5.32 Å². The van der Waals surface area contributed by atoms with Crippen LogP contribution in [-0.4, -0.2) is 23.2 Å². The van der Waals surface area contributed by atoms with Crippen LogP contribution in [0.15, 0.2) is 12.2 Å². The lowest BCUT2D eigenvalue weighted by Gasteiger charge is -2.72.